The van der Waals surface area contributed by atoms with E-state index in [0.29, 0.717) is 11.7 Å². The van der Waals surface area contributed by atoms with Gasteiger partial charge in [0, 0.05) is 11.8 Å². The van der Waals surface area contributed by atoms with Crippen molar-refractivity contribution in [2.45, 2.75) is 13.5 Å². The Morgan fingerprint density at radius 2 is 2.17 bits per heavy atom. The predicted octanol–water partition coefficient (Wildman–Crippen LogP) is 2.63. The minimum atomic E-state index is -0.572. The quantitative estimate of drug-likeness (QED) is 0.670. The van der Waals surface area contributed by atoms with Gasteiger partial charge in [-0.2, -0.15) is 10.4 Å². The van der Waals surface area contributed by atoms with Crippen molar-refractivity contribution >= 4 is 5.97 Å². The predicted molar refractivity (Wildman–Crippen MR) is 83.9 cm³/mol. The molecule has 0 spiro atoms. The van der Waals surface area contributed by atoms with Crippen molar-refractivity contribution in [3.05, 3.63) is 59.9 Å². The van der Waals surface area contributed by atoms with Crippen LogP contribution in [0.25, 0.3) is 11.3 Å². The molecule has 0 saturated heterocycles. The molecule has 0 aliphatic carbocycles. The van der Waals surface area contributed by atoms with E-state index in [0.717, 1.165) is 5.56 Å². The van der Waals surface area contributed by atoms with Gasteiger partial charge in [0.05, 0.1) is 12.8 Å². The Balaban J connectivity index is 1.81. The Labute approximate surface area is 138 Å². The molecule has 0 atom stereocenters. The maximum absolute atomic E-state index is 11.8. The highest BCUT2D eigenvalue weighted by Gasteiger charge is 2.18. The van der Waals surface area contributed by atoms with E-state index in [1.807, 2.05) is 36.4 Å². The van der Waals surface area contributed by atoms with Crippen LogP contribution in [-0.2, 0) is 11.3 Å². The first kappa shape index (κ1) is 15.5. The van der Waals surface area contributed by atoms with E-state index in [9.17, 15) is 4.79 Å². The largest absolute Gasteiger partial charge is 0.462 e. The number of hydrogen-bond acceptors (Lipinski definition) is 6. The molecule has 0 fully saturated rings. The Morgan fingerprint density at radius 1 is 1.38 bits per heavy atom. The lowest BCUT2D eigenvalue weighted by Crippen LogP contribution is -2.05. The van der Waals surface area contributed by atoms with Crippen LogP contribution in [0.4, 0.5) is 0 Å². The smallest absolute Gasteiger partial charge is 0.342 e. The summed E-state index contributed by atoms with van der Waals surface area (Å²) in [6.45, 7) is 2.14. The molecule has 0 aliphatic rings. The number of hydrogen-bond donors (Lipinski definition) is 0. The third-order valence-corrected chi connectivity index (χ3v) is 3.27. The maximum atomic E-state index is 11.8. The lowest BCUT2D eigenvalue weighted by molar-refractivity contribution is 0.0526. The van der Waals surface area contributed by atoms with Gasteiger partial charge in [0.1, 0.15) is 18.2 Å². The summed E-state index contributed by atoms with van der Waals surface area (Å²) in [5.41, 5.74) is 1.07. The van der Waals surface area contributed by atoms with Crippen molar-refractivity contribution in [2.75, 3.05) is 6.61 Å². The number of benzene rings is 1. The van der Waals surface area contributed by atoms with Crippen LogP contribution in [0.2, 0.25) is 0 Å². The Hall–Kier alpha value is -3.40. The maximum Gasteiger partial charge on any atom is 0.342 e. The molecule has 7 heteroatoms. The highest BCUT2D eigenvalue weighted by Crippen LogP contribution is 2.20. The fourth-order valence-corrected chi connectivity index (χ4v) is 2.20. The number of rotatable bonds is 5. The second-order valence-electron chi connectivity index (χ2n) is 4.91. The fraction of sp³-hybridized carbons (Fsp3) is 0.176. The lowest BCUT2D eigenvalue weighted by Gasteiger charge is -1.98. The summed E-state index contributed by atoms with van der Waals surface area (Å²) in [6.07, 6.45) is 3.09. The third-order valence-electron chi connectivity index (χ3n) is 3.27. The molecule has 0 bridgehead atoms. The first-order chi connectivity index (χ1) is 11.7. The number of oxazole rings is 1. The van der Waals surface area contributed by atoms with Crippen LogP contribution in [0, 0.1) is 11.3 Å². The van der Waals surface area contributed by atoms with Gasteiger partial charge >= 0.3 is 5.97 Å². The minimum absolute atomic E-state index is 0.0169. The normalized spacial score (nSPS) is 10.3. The summed E-state index contributed by atoms with van der Waals surface area (Å²) in [7, 11) is 0. The van der Waals surface area contributed by atoms with E-state index in [-0.39, 0.29) is 24.4 Å². The van der Waals surface area contributed by atoms with E-state index in [4.69, 9.17) is 14.4 Å². The van der Waals surface area contributed by atoms with E-state index < -0.39 is 5.97 Å². The van der Waals surface area contributed by atoms with Crippen LogP contribution < -0.4 is 0 Å². The first-order valence-electron chi connectivity index (χ1n) is 7.36. The summed E-state index contributed by atoms with van der Waals surface area (Å²) >= 11 is 0. The number of nitriles is 1. The molecule has 0 aliphatic heterocycles. The average Bonchev–Trinajstić information content (AvgIpc) is 3.23. The number of carbonyl (C=O) groups excluding carboxylic acids is 1. The molecule has 2 aromatic heterocycles. The standard InChI is InChI=1S/C17H14N4O3/c1-2-23-17(22)13-10-21(20-14(13)8-18)11-16-19-9-15(24-16)12-6-4-3-5-7-12/h3-7,9-10H,2,11H2,1H3. The van der Waals surface area contributed by atoms with E-state index in [2.05, 4.69) is 10.1 Å². The molecule has 0 amide bonds. The van der Waals surface area contributed by atoms with Gasteiger partial charge in [0.2, 0.25) is 5.89 Å². The van der Waals surface area contributed by atoms with Crippen LogP contribution in [0.5, 0.6) is 0 Å². The summed E-state index contributed by atoms with van der Waals surface area (Å²) in [5, 5.41) is 13.2. The van der Waals surface area contributed by atoms with Gasteiger partial charge in [0.15, 0.2) is 11.5 Å². The Bertz CT molecular complexity index is 890. The Morgan fingerprint density at radius 3 is 2.88 bits per heavy atom. The van der Waals surface area contributed by atoms with Crippen LogP contribution in [0.15, 0.2) is 47.1 Å². The summed E-state index contributed by atoms with van der Waals surface area (Å²) in [4.78, 5) is 16.0. The van der Waals surface area contributed by atoms with Crippen molar-refractivity contribution in [3.8, 4) is 17.4 Å². The molecule has 0 radical (unpaired) electrons. The molecule has 0 saturated carbocycles. The molecule has 3 rings (SSSR count). The highest BCUT2D eigenvalue weighted by molar-refractivity contribution is 5.91. The minimum Gasteiger partial charge on any atom is -0.462 e. The second-order valence-corrected chi connectivity index (χ2v) is 4.91. The second kappa shape index (κ2) is 6.79. The first-order valence-corrected chi connectivity index (χ1v) is 7.36. The molecular weight excluding hydrogens is 308 g/mol. The molecule has 3 aromatic rings. The van der Waals surface area contributed by atoms with Crippen molar-refractivity contribution in [1.29, 1.82) is 5.26 Å². The van der Waals surface area contributed by atoms with Crippen LogP contribution in [-0.4, -0.2) is 27.3 Å². The third kappa shape index (κ3) is 3.17. The molecule has 2 heterocycles. The fourth-order valence-electron chi connectivity index (χ4n) is 2.20. The van der Waals surface area contributed by atoms with Gasteiger partial charge < -0.3 is 9.15 Å². The van der Waals surface area contributed by atoms with E-state index >= 15 is 0 Å². The van der Waals surface area contributed by atoms with Gasteiger partial charge in [0.25, 0.3) is 0 Å². The monoisotopic (exact) mass is 322 g/mol. The van der Waals surface area contributed by atoms with Gasteiger partial charge in [-0.25, -0.2) is 9.78 Å². The molecule has 24 heavy (non-hydrogen) atoms. The van der Waals surface area contributed by atoms with Crippen LogP contribution in [0.3, 0.4) is 0 Å². The average molecular weight is 322 g/mol. The van der Waals surface area contributed by atoms with Crippen molar-refractivity contribution in [2.24, 2.45) is 0 Å². The SMILES string of the molecule is CCOC(=O)c1cn(Cc2ncc(-c3ccccc3)o2)nc1C#N. The highest BCUT2D eigenvalue weighted by atomic mass is 16.5. The topological polar surface area (TPSA) is 93.9 Å². The summed E-state index contributed by atoms with van der Waals surface area (Å²) in [6, 6.07) is 11.5. The summed E-state index contributed by atoms with van der Waals surface area (Å²) in [5.74, 6) is 0.498. The molecule has 1 aromatic carbocycles. The number of carbonyl (C=O) groups is 1. The lowest BCUT2D eigenvalue weighted by atomic mass is 10.2. The van der Waals surface area contributed by atoms with Crippen LogP contribution in [0.1, 0.15) is 28.9 Å². The number of ether oxygens (including phenoxy) is 1. The van der Waals surface area contributed by atoms with E-state index in [1.54, 1.807) is 13.1 Å². The zero-order valence-corrected chi connectivity index (χ0v) is 13.0. The number of nitrogens with zero attached hydrogens (tertiary/aromatic N) is 4. The van der Waals surface area contributed by atoms with Gasteiger partial charge in [-0.3, -0.25) is 4.68 Å². The summed E-state index contributed by atoms with van der Waals surface area (Å²) < 4.78 is 12.0. The van der Waals surface area contributed by atoms with E-state index in [1.165, 1.54) is 10.9 Å². The van der Waals surface area contributed by atoms with Gasteiger partial charge in [-0.05, 0) is 6.92 Å². The zero-order valence-electron chi connectivity index (χ0n) is 13.0. The van der Waals surface area contributed by atoms with Gasteiger partial charge in [-0.15, -0.1) is 0 Å². The molecule has 120 valence electrons. The molecular formula is C17H14N4O3. The molecule has 0 unspecified atom stereocenters. The van der Waals surface area contributed by atoms with Crippen molar-refractivity contribution < 1.29 is 13.9 Å². The zero-order chi connectivity index (χ0) is 16.9. The number of esters is 1. The van der Waals surface area contributed by atoms with Crippen LogP contribution >= 0.6 is 0 Å². The molecule has 7 nitrogen and oxygen atoms in total. The van der Waals surface area contributed by atoms with Crippen molar-refractivity contribution in [1.82, 2.24) is 14.8 Å². The van der Waals surface area contributed by atoms with Gasteiger partial charge in [-0.1, -0.05) is 30.3 Å². The number of aromatic nitrogens is 3. The molecule has 0 N–H and O–H groups in total. The Kier molecular flexibility index (Phi) is 4.38. The van der Waals surface area contributed by atoms with Crippen molar-refractivity contribution in [3.63, 3.8) is 0 Å².